The molecule has 4 rings (SSSR count). The Balaban J connectivity index is 1.69. The van der Waals surface area contributed by atoms with Gasteiger partial charge in [0.05, 0.1) is 0 Å². The van der Waals surface area contributed by atoms with Gasteiger partial charge in [-0.3, -0.25) is 9.59 Å². The van der Waals surface area contributed by atoms with Crippen LogP contribution in [0.1, 0.15) is 52.9 Å². The molecule has 1 unspecified atom stereocenters. The van der Waals surface area contributed by atoms with Gasteiger partial charge in [0.2, 0.25) is 5.91 Å². The first-order valence-corrected chi connectivity index (χ1v) is 13.7. The number of benzene rings is 3. The van der Waals surface area contributed by atoms with Crippen LogP contribution in [0.5, 0.6) is 0 Å². The lowest BCUT2D eigenvalue weighted by Gasteiger charge is -2.36. The molecule has 208 valence electrons. The number of para-hydroxylation sites is 1. The average molecular weight is 540 g/mol. The molecule has 0 aliphatic rings. The number of fused-ring (bicyclic) bond motifs is 1. The van der Waals surface area contributed by atoms with Crippen molar-refractivity contribution in [2.24, 2.45) is 0 Å². The van der Waals surface area contributed by atoms with Gasteiger partial charge in [0.1, 0.15) is 12.1 Å². The highest BCUT2D eigenvalue weighted by Gasteiger charge is 2.36. The van der Waals surface area contributed by atoms with Crippen LogP contribution in [0.25, 0.3) is 10.9 Å². The molecule has 0 radical (unpaired) electrons. The second kappa shape index (κ2) is 12.6. The minimum atomic E-state index is -1.17. The molecule has 0 bridgehead atoms. The summed E-state index contributed by atoms with van der Waals surface area (Å²) in [5.41, 5.74) is 5.01. The number of carboxylic acids is 1. The van der Waals surface area contributed by atoms with Gasteiger partial charge < -0.3 is 20.3 Å². The first-order chi connectivity index (χ1) is 19.2. The maximum Gasteiger partial charge on any atom is 0.326 e. The second-order valence-corrected chi connectivity index (χ2v) is 10.5. The summed E-state index contributed by atoms with van der Waals surface area (Å²) >= 11 is 0. The molecule has 0 aliphatic heterocycles. The number of amides is 2. The van der Waals surface area contributed by atoms with E-state index in [0.717, 1.165) is 33.2 Å². The van der Waals surface area contributed by atoms with Crippen LogP contribution in [-0.4, -0.2) is 50.9 Å². The summed E-state index contributed by atoms with van der Waals surface area (Å²) in [6, 6.07) is 20.5. The predicted octanol–water partition coefficient (Wildman–Crippen LogP) is 5.45. The van der Waals surface area contributed by atoms with E-state index in [4.69, 9.17) is 0 Å². The zero-order chi connectivity index (χ0) is 28.8. The molecule has 0 saturated heterocycles. The topological polar surface area (TPSA) is 103 Å². The van der Waals surface area contributed by atoms with Crippen LogP contribution in [0, 0.1) is 13.8 Å². The number of hydrogen-bond donors (Lipinski definition) is 3. The summed E-state index contributed by atoms with van der Waals surface area (Å²) in [6.45, 7) is 7.77. The number of carbonyl (C=O) groups excluding carboxylic acids is 2. The number of nitrogens with zero attached hydrogens (tertiary/aromatic N) is 1. The highest BCUT2D eigenvalue weighted by molar-refractivity contribution is 5.99. The molecule has 0 saturated carbocycles. The van der Waals surface area contributed by atoms with Crippen LogP contribution >= 0.6 is 0 Å². The molecule has 3 aromatic carbocycles. The number of hydrogen-bond acceptors (Lipinski definition) is 3. The van der Waals surface area contributed by atoms with Crippen molar-refractivity contribution in [1.82, 2.24) is 15.2 Å². The number of carbonyl (C=O) groups is 3. The molecule has 0 spiro atoms. The van der Waals surface area contributed by atoms with E-state index < -0.39 is 24.0 Å². The van der Waals surface area contributed by atoms with E-state index in [9.17, 15) is 19.5 Å². The molecule has 1 heterocycles. The number of H-pyrrole nitrogens is 1. The lowest BCUT2D eigenvalue weighted by Crippen LogP contribution is -2.57. The van der Waals surface area contributed by atoms with Crippen LogP contribution in [-0.2, 0) is 22.4 Å². The van der Waals surface area contributed by atoms with Crippen LogP contribution < -0.4 is 5.32 Å². The van der Waals surface area contributed by atoms with E-state index in [0.29, 0.717) is 12.0 Å². The van der Waals surface area contributed by atoms with Crippen molar-refractivity contribution in [3.63, 3.8) is 0 Å². The highest BCUT2D eigenvalue weighted by atomic mass is 16.4. The van der Waals surface area contributed by atoms with Crippen molar-refractivity contribution in [2.75, 3.05) is 0 Å². The minimum absolute atomic E-state index is 0.109. The van der Waals surface area contributed by atoms with E-state index in [1.165, 1.54) is 0 Å². The Hall–Kier alpha value is -4.39. The number of carboxylic acid groups (broad SMARTS) is 1. The van der Waals surface area contributed by atoms with E-state index in [1.54, 1.807) is 11.1 Å². The first-order valence-electron chi connectivity index (χ1n) is 13.7. The Bertz CT molecular complexity index is 1470. The molecule has 7 nitrogen and oxygen atoms in total. The van der Waals surface area contributed by atoms with Crippen molar-refractivity contribution in [3.05, 3.63) is 107 Å². The minimum Gasteiger partial charge on any atom is -0.480 e. The molecule has 0 aliphatic carbocycles. The van der Waals surface area contributed by atoms with Gasteiger partial charge in [-0.1, -0.05) is 72.6 Å². The molecule has 3 N–H and O–H groups in total. The van der Waals surface area contributed by atoms with Gasteiger partial charge in [0.15, 0.2) is 0 Å². The van der Waals surface area contributed by atoms with Gasteiger partial charge in [0, 0.05) is 41.5 Å². The summed E-state index contributed by atoms with van der Waals surface area (Å²) in [4.78, 5) is 45.2. The fourth-order valence-corrected chi connectivity index (χ4v) is 5.24. The highest BCUT2D eigenvalue weighted by Crippen LogP contribution is 2.22. The molecule has 3 atom stereocenters. The molecule has 1 aromatic heterocycles. The number of rotatable bonds is 11. The Morgan fingerprint density at radius 1 is 0.925 bits per heavy atom. The van der Waals surface area contributed by atoms with Crippen molar-refractivity contribution in [3.8, 4) is 0 Å². The lowest BCUT2D eigenvalue weighted by atomic mass is 9.98. The third kappa shape index (κ3) is 6.60. The summed E-state index contributed by atoms with van der Waals surface area (Å²) in [5, 5.41) is 13.8. The fraction of sp³-hybridized carbons (Fsp3) is 0.303. The van der Waals surface area contributed by atoms with Crippen LogP contribution in [0.15, 0.2) is 79.0 Å². The van der Waals surface area contributed by atoms with Gasteiger partial charge >= 0.3 is 5.97 Å². The van der Waals surface area contributed by atoms with Gasteiger partial charge in [0.25, 0.3) is 5.91 Å². The molecular weight excluding hydrogens is 502 g/mol. The molecule has 0 fully saturated rings. The smallest absolute Gasteiger partial charge is 0.326 e. The monoisotopic (exact) mass is 539 g/mol. The molecule has 2 amide bonds. The average Bonchev–Trinajstić information content (AvgIpc) is 3.34. The Morgan fingerprint density at radius 3 is 2.23 bits per heavy atom. The zero-order valence-electron chi connectivity index (χ0n) is 23.5. The van der Waals surface area contributed by atoms with Crippen molar-refractivity contribution >= 4 is 28.7 Å². The Morgan fingerprint density at radius 2 is 1.57 bits per heavy atom. The Labute approximate surface area is 235 Å². The summed E-state index contributed by atoms with van der Waals surface area (Å²) in [5.74, 6) is -1.87. The van der Waals surface area contributed by atoms with E-state index in [-0.39, 0.29) is 24.8 Å². The molecule has 4 aromatic rings. The summed E-state index contributed by atoms with van der Waals surface area (Å²) < 4.78 is 0. The lowest BCUT2D eigenvalue weighted by molar-refractivity contribution is -0.142. The third-order valence-corrected chi connectivity index (χ3v) is 7.39. The largest absolute Gasteiger partial charge is 0.480 e. The first kappa shape index (κ1) is 28.6. The third-order valence-electron chi connectivity index (χ3n) is 7.39. The number of aliphatic carboxylic acids is 1. The van der Waals surface area contributed by atoms with E-state index in [1.807, 2.05) is 100 Å². The number of aromatic amines is 1. The Kier molecular flexibility index (Phi) is 9.04. The van der Waals surface area contributed by atoms with Crippen molar-refractivity contribution in [1.29, 1.82) is 0 Å². The van der Waals surface area contributed by atoms with Crippen LogP contribution in [0.3, 0.4) is 0 Å². The van der Waals surface area contributed by atoms with Gasteiger partial charge in [-0.05, 0) is 56.5 Å². The normalized spacial score (nSPS) is 13.4. The maximum absolute atomic E-state index is 14.0. The van der Waals surface area contributed by atoms with Crippen LogP contribution in [0.4, 0.5) is 0 Å². The second-order valence-electron chi connectivity index (χ2n) is 10.5. The zero-order valence-corrected chi connectivity index (χ0v) is 23.5. The standard InChI is InChI=1S/C33H37N3O4/c1-5-23(4)36(32(38)25-16-21(2)15-22(3)17-25)30(18-24-11-7-6-8-12-24)31(37)35-29(33(39)40)19-26-20-34-28-14-10-9-13-27(26)28/h6-17,20,23,29-30,34H,5,18-19H2,1-4H3,(H,35,37)(H,39,40)/t23?,29-,30-/m0/s1. The van der Waals surface area contributed by atoms with Gasteiger partial charge in [-0.2, -0.15) is 0 Å². The quantitative estimate of drug-likeness (QED) is 0.236. The molecule has 7 heteroatoms. The molecule has 40 heavy (non-hydrogen) atoms. The SMILES string of the molecule is CCC(C)N(C(=O)c1cc(C)cc(C)c1)[C@@H](Cc1ccccc1)C(=O)N[C@@H](Cc1c[nH]c2ccccc12)C(=O)O. The maximum atomic E-state index is 14.0. The summed E-state index contributed by atoms with van der Waals surface area (Å²) in [6.07, 6.45) is 2.78. The molecular formula is C33H37N3O4. The number of aromatic nitrogens is 1. The van der Waals surface area contributed by atoms with Crippen molar-refractivity contribution < 1.29 is 19.5 Å². The number of nitrogens with one attached hydrogen (secondary N) is 2. The van der Waals surface area contributed by atoms with E-state index in [2.05, 4.69) is 10.3 Å². The van der Waals surface area contributed by atoms with Crippen molar-refractivity contribution in [2.45, 2.75) is 65.1 Å². The van der Waals surface area contributed by atoms with Gasteiger partial charge in [-0.25, -0.2) is 4.79 Å². The number of aryl methyl sites for hydroxylation is 2. The fourth-order valence-electron chi connectivity index (χ4n) is 5.24. The van der Waals surface area contributed by atoms with E-state index >= 15 is 0 Å². The van der Waals surface area contributed by atoms with Gasteiger partial charge in [-0.15, -0.1) is 0 Å². The van der Waals surface area contributed by atoms with Crippen LogP contribution in [0.2, 0.25) is 0 Å². The summed E-state index contributed by atoms with van der Waals surface area (Å²) in [7, 11) is 0. The predicted molar refractivity (Wildman–Crippen MR) is 157 cm³/mol.